The average Bonchev–Trinajstić information content (AvgIpc) is 3.82. The number of amides is 2. The van der Waals surface area contributed by atoms with Gasteiger partial charge in [-0.1, -0.05) is 44.0 Å². The summed E-state index contributed by atoms with van der Waals surface area (Å²) in [4.78, 5) is 48.0. The number of rotatable bonds is 5. The summed E-state index contributed by atoms with van der Waals surface area (Å²) in [6.07, 6.45) is 6.58. The molecule has 6 rings (SSSR count). The van der Waals surface area contributed by atoms with Crippen molar-refractivity contribution in [1.29, 1.82) is 0 Å². The number of nitrogens with zero attached hydrogens (tertiary/aromatic N) is 4. The van der Waals surface area contributed by atoms with Gasteiger partial charge >= 0.3 is 5.97 Å². The summed E-state index contributed by atoms with van der Waals surface area (Å²) in [6, 6.07) is 7.70. The molecule has 2 aromatic heterocycles. The molecule has 2 aromatic carbocycles. The lowest BCUT2D eigenvalue weighted by atomic mass is 9.91. The fourth-order valence-corrected chi connectivity index (χ4v) is 6.62. The largest absolute Gasteiger partial charge is 0.509 e. The van der Waals surface area contributed by atoms with Crippen molar-refractivity contribution < 1.29 is 29.0 Å². The molecule has 0 radical (unpaired) electrons. The summed E-state index contributed by atoms with van der Waals surface area (Å²) in [5.41, 5.74) is 4.87. The third-order valence-electron chi connectivity index (χ3n) is 9.49. The Morgan fingerprint density at radius 3 is 1.34 bits per heavy atom. The maximum absolute atomic E-state index is 12.9. The number of hydrogen-bond acceptors (Lipinski definition) is 8. The molecule has 2 amide bonds. The van der Waals surface area contributed by atoms with Crippen molar-refractivity contribution in [3.8, 4) is 11.4 Å². The second-order valence-electron chi connectivity index (χ2n) is 17.9. The number of aromatic nitrogens is 4. The highest BCUT2D eigenvalue weighted by atomic mass is 35.5. The van der Waals surface area contributed by atoms with Crippen molar-refractivity contribution in [2.24, 2.45) is 10.8 Å². The van der Waals surface area contributed by atoms with E-state index in [4.69, 9.17) is 39.5 Å². The minimum absolute atomic E-state index is 0.0728. The second-order valence-corrected chi connectivity index (χ2v) is 19.1. The summed E-state index contributed by atoms with van der Waals surface area (Å²) >= 11 is 17.0. The quantitative estimate of drug-likeness (QED) is 0.132. The minimum atomic E-state index is -0.791. The number of hydrogen-bond donors (Lipinski definition) is 3. The lowest BCUT2D eigenvalue weighted by Crippen LogP contribution is -2.40. The summed E-state index contributed by atoms with van der Waals surface area (Å²) in [5.74, 6) is -0.471. The highest BCUT2D eigenvalue weighted by molar-refractivity contribution is 6.64. The Morgan fingerprint density at radius 2 is 1.03 bits per heavy atom. The molecule has 0 saturated heterocycles. The first-order chi connectivity index (χ1) is 27.0. The molecule has 0 saturated carbocycles. The van der Waals surface area contributed by atoms with Crippen molar-refractivity contribution >= 4 is 69.0 Å². The Balaban J connectivity index is 0.000000229. The number of esters is 1. The van der Waals surface area contributed by atoms with E-state index in [1.807, 2.05) is 65.8 Å². The van der Waals surface area contributed by atoms with Gasteiger partial charge in [0.05, 0.1) is 61.5 Å². The van der Waals surface area contributed by atoms with Crippen LogP contribution in [0, 0.1) is 38.5 Å². The Bertz CT molecular complexity index is 2360. The van der Waals surface area contributed by atoms with Crippen LogP contribution >= 0.6 is 34.8 Å². The van der Waals surface area contributed by atoms with Gasteiger partial charge in [0.25, 0.3) is 11.8 Å². The molecule has 0 atom stereocenters. The van der Waals surface area contributed by atoms with Gasteiger partial charge in [0, 0.05) is 17.8 Å². The van der Waals surface area contributed by atoms with Gasteiger partial charge in [-0.3, -0.25) is 19.2 Å². The van der Waals surface area contributed by atoms with Crippen molar-refractivity contribution in [2.75, 3.05) is 0 Å². The number of nitrogens with one attached hydrogen (secondary N) is 2. The fourth-order valence-electron chi connectivity index (χ4n) is 6.35. The van der Waals surface area contributed by atoms with E-state index in [-0.39, 0.29) is 34.2 Å². The van der Waals surface area contributed by atoms with E-state index in [1.165, 1.54) is 0 Å². The zero-order valence-corrected chi connectivity index (χ0v) is 38.3. The Kier molecular flexibility index (Phi) is 13.5. The topological polar surface area (TPSA) is 157 Å². The monoisotopic (exact) mass is 866 g/mol. The first-order valence-corrected chi connectivity index (χ1v) is 20.0. The van der Waals surface area contributed by atoms with Gasteiger partial charge in [0.2, 0.25) is 5.24 Å². The molecular formula is C44H53Cl3N6O6. The number of benzene rings is 2. The summed E-state index contributed by atoms with van der Waals surface area (Å²) in [7, 11) is 0. The van der Waals surface area contributed by atoms with E-state index >= 15 is 0 Å². The summed E-state index contributed by atoms with van der Waals surface area (Å²) in [6.45, 7) is 25.6. The highest BCUT2D eigenvalue weighted by Crippen LogP contribution is 2.39. The number of carbonyl (C=O) groups is 4. The van der Waals surface area contributed by atoms with E-state index in [0.717, 1.165) is 44.8 Å². The summed E-state index contributed by atoms with van der Waals surface area (Å²) in [5, 5.41) is 25.4. The molecule has 316 valence electrons. The molecule has 59 heavy (non-hydrogen) atoms. The predicted molar refractivity (Wildman–Crippen MR) is 233 cm³/mol. The molecule has 15 heteroatoms. The van der Waals surface area contributed by atoms with Crippen LogP contribution in [0.15, 0.2) is 60.6 Å². The first-order valence-electron chi connectivity index (χ1n) is 18.9. The van der Waals surface area contributed by atoms with E-state index < -0.39 is 16.5 Å². The Hall–Kier alpha value is -4.91. The maximum atomic E-state index is 12.9. The zero-order valence-electron chi connectivity index (χ0n) is 36.0. The van der Waals surface area contributed by atoms with Gasteiger partial charge in [0.1, 0.15) is 11.5 Å². The van der Waals surface area contributed by atoms with Gasteiger partial charge in [-0.15, -0.1) is 0 Å². The van der Waals surface area contributed by atoms with Crippen LogP contribution in [0.25, 0.3) is 22.5 Å². The first kappa shape index (κ1) is 46.8. The number of halogens is 3. The molecule has 0 spiro atoms. The Labute approximate surface area is 360 Å². The SMILES string of the molecule is CC(C)(C)C(=O)Cl.Cc1cc(-n2cc(Cl)cn2)cc(C)c1C1=C(O)C(C)(C)NC1=O.Cc1cc(-n2cc(Cl)cn2)cc(C)c1C1=C(OC(=O)C(C)(C)C)C(C)(C)NC1=O. The van der Waals surface area contributed by atoms with Gasteiger partial charge in [-0.2, -0.15) is 10.2 Å². The maximum Gasteiger partial charge on any atom is 0.316 e. The lowest BCUT2D eigenvalue weighted by molar-refractivity contribution is -0.149. The smallest absolute Gasteiger partial charge is 0.316 e. The average molecular weight is 868 g/mol. The van der Waals surface area contributed by atoms with E-state index in [1.54, 1.807) is 89.5 Å². The highest BCUT2D eigenvalue weighted by Gasteiger charge is 2.44. The molecule has 2 aliphatic heterocycles. The van der Waals surface area contributed by atoms with Crippen LogP contribution in [0.2, 0.25) is 10.0 Å². The Morgan fingerprint density at radius 1 is 0.678 bits per heavy atom. The molecule has 12 nitrogen and oxygen atoms in total. The molecule has 0 unspecified atom stereocenters. The van der Waals surface area contributed by atoms with E-state index in [0.29, 0.717) is 27.0 Å². The number of ether oxygens (including phenoxy) is 1. The second kappa shape index (κ2) is 17.0. The van der Waals surface area contributed by atoms with Crippen LogP contribution in [0.3, 0.4) is 0 Å². The molecule has 0 fully saturated rings. The van der Waals surface area contributed by atoms with Crippen molar-refractivity contribution in [2.45, 2.75) is 108 Å². The molecule has 3 N–H and O–H groups in total. The number of aliphatic hydroxyl groups is 1. The predicted octanol–water partition coefficient (Wildman–Crippen LogP) is 9.47. The van der Waals surface area contributed by atoms with Crippen molar-refractivity contribution in [3.05, 3.63) is 104 Å². The molecular weight excluding hydrogens is 815 g/mol. The minimum Gasteiger partial charge on any atom is -0.509 e. The third-order valence-corrected chi connectivity index (χ3v) is 10.4. The number of aryl methyl sites for hydroxylation is 4. The van der Waals surface area contributed by atoms with Gasteiger partial charge in [-0.25, -0.2) is 9.36 Å². The van der Waals surface area contributed by atoms with Gasteiger partial charge in [-0.05, 0) is 145 Å². The van der Waals surface area contributed by atoms with Crippen LogP contribution in [-0.2, 0) is 23.9 Å². The summed E-state index contributed by atoms with van der Waals surface area (Å²) < 4.78 is 9.14. The van der Waals surface area contributed by atoms with Crippen LogP contribution in [0.4, 0.5) is 0 Å². The molecule has 0 aliphatic carbocycles. The van der Waals surface area contributed by atoms with Crippen LogP contribution < -0.4 is 10.6 Å². The van der Waals surface area contributed by atoms with Crippen LogP contribution in [-0.4, -0.2) is 58.8 Å². The van der Waals surface area contributed by atoms with E-state index in [9.17, 15) is 24.3 Å². The van der Waals surface area contributed by atoms with E-state index in [2.05, 4.69) is 20.8 Å². The molecule has 4 heterocycles. The zero-order chi connectivity index (χ0) is 44.7. The van der Waals surface area contributed by atoms with Crippen LogP contribution in [0.5, 0.6) is 0 Å². The van der Waals surface area contributed by atoms with Crippen molar-refractivity contribution in [1.82, 2.24) is 30.2 Å². The third kappa shape index (κ3) is 10.5. The van der Waals surface area contributed by atoms with Gasteiger partial charge < -0.3 is 20.5 Å². The molecule has 4 aromatic rings. The molecule has 0 bridgehead atoms. The van der Waals surface area contributed by atoms with Crippen molar-refractivity contribution in [3.63, 3.8) is 0 Å². The van der Waals surface area contributed by atoms with Gasteiger partial charge in [0.15, 0.2) is 0 Å². The lowest BCUT2D eigenvalue weighted by Gasteiger charge is -2.25. The normalized spacial score (nSPS) is 15.9. The van der Waals surface area contributed by atoms with Crippen LogP contribution in [0.1, 0.15) is 103 Å². The molecule has 2 aliphatic rings. The standard InChI is InChI=1S/C22H26ClN3O3.C17H18ClN3O2.C5H9ClO/c1-12-8-15(26-11-14(23)10-24-26)9-13(2)16(12)17-18(22(6,7)25-19(17)27)29-20(28)21(3,4)5;1-9-5-12(21-8-11(18)7-19-21)6-10(2)13(9)14-15(22)17(3,4)20-16(14)23;1-5(2,3)4(6)7/h8-11H,1-7H3,(H,25,27);5-8,22H,1-4H3,(H,20,23);1-3H3. The number of carbonyl (C=O) groups excluding carboxylic acids is 4. The number of aliphatic hydroxyl groups excluding tert-OH is 1. The fraction of sp³-hybridized carbons (Fsp3) is 0.409.